The predicted molar refractivity (Wildman–Crippen MR) is 116 cm³/mol. The van der Waals surface area contributed by atoms with Gasteiger partial charge in [0.2, 0.25) is 0 Å². The highest BCUT2D eigenvalue weighted by molar-refractivity contribution is 6.05. The van der Waals surface area contributed by atoms with Gasteiger partial charge in [0.1, 0.15) is 11.5 Å². The fourth-order valence-electron chi connectivity index (χ4n) is 4.42. The minimum Gasteiger partial charge on any atom is -0.383 e. The Morgan fingerprint density at radius 2 is 2.10 bits per heavy atom. The van der Waals surface area contributed by atoms with Crippen LogP contribution in [0.1, 0.15) is 29.8 Å². The molecule has 31 heavy (non-hydrogen) atoms. The van der Waals surface area contributed by atoms with E-state index in [4.69, 9.17) is 4.74 Å². The first-order chi connectivity index (χ1) is 15.1. The molecule has 3 aliphatic rings. The summed E-state index contributed by atoms with van der Waals surface area (Å²) >= 11 is 0. The summed E-state index contributed by atoms with van der Waals surface area (Å²) in [6.45, 7) is 2.10. The number of hydrogen-bond acceptors (Lipinski definition) is 6. The van der Waals surface area contributed by atoms with E-state index in [9.17, 15) is 9.59 Å². The van der Waals surface area contributed by atoms with Crippen LogP contribution in [0.2, 0.25) is 0 Å². The van der Waals surface area contributed by atoms with Crippen LogP contribution >= 0.6 is 0 Å². The summed E-state index contributed by atoms with van der Waals surface area (Å²) in [5.74, 6) is 1.22. The summed E-state index contributed by atoms with van der Waals surface area (Å²) in [6.07, 6.45) is 4.69. The van der Waals surface area contributed by atoms with Crippen molar-refractivity contribution in [1.82, 2.24) is 15.3 Å². The molecule has 1 saturated carbocycles. The highest BCUT2D eigenvalue weighted by Crippen LogP contribution is 2.39. The number of carbonyl (C=O) groups is 2. The van der Waals surface area contributed by atoms with Crippen LogP contribution in [0.4, 0.5) is 22.1 Å². The maximum atomic E-state index is 13.2. The molecule has 5 rings (SSSR count). The van der Waals surface area contributed by atoms with E-state index < -0.39 is 0 Å². The predicted octanol–water partition coefficient (Wildman–Crippen LogP) is 2.26. The zero-order chi connectivity index (χ0) is 21.4. The average Bonchev–Trinajstić information content (AvgIpc) is 3.55. The van der Waals surface area contributed by atoms with E-state index in [0.29, 0.717) is 29.9 Å². The molecule has 0 spiro atoms. The van der Waals surface area contributed by atoms with Crippen molar-refractivity contribution >= 4 is 29.3 Å². The van der Waals surface area contributed by atoms with E-state index in [-0.39, 0.29) is 24.0 Å². The van der Waals surface area contributed by atoms with E-state index in [1.807, 2.05) is 12.1 Å². The SMILES string of the molecule is COCC(NC(=O)c1ccc2c(n1)N(C(=O)Nc1ccccn1)[C@H]1CCN2C1)C1CC1. The molecule has 9 nitrogen and oxygen atoms in total. The van der Waals surface area contributed by atoms with Gasteiger partial charge in [0.05, 0.1) is 24.4 Å². The van der Waals surface area contributed by atoms with E-state index in [2.05, 4.69) is 25.5 Å². The number of nitrogens with one attached hydrogen (secondary N) is 2. The Bertz CT molecular complexity index is 980. The number of methoxy groups -OCH3 is 1. The number of rotatable bonds is 6. The number of aromatic nitrogens is 2. The van der Waals surface area contributed by atoms with Crippen LogP contribution in [0.25, 0.3) is 0 Å². The van der Waals surface area contributed by atoms with Gasteiger partial charge in [-0.15, -0.1) is 0 Å². The molecule has 1 saturated heterocycles. The van der Waals surface area contributed by atoms with Crippen LogP contribution in [-0.4, -0.2) is 60.8 Å². The molecular formula is C22H26N6O3. The summed E-state index contributed by atoms with van der Waals surface area (Å²) < 4.78 is 5.27. The molecule has 2 bridgehead atoms. The van der Waals surface area contributed by atoms with Crippen molar-refractivity contribution in [2.75, 3.05) is 41.9 Å². The minimum absolute atomic E-state index is 0.00901. The molecular weight excluding hydrogens is 396 g/mol. The highest BCUT2D eigenvalue weighted by atomic mass is 16.5. The van der Waals surface area contributed by atoms with Crippen LogP contribution in [0.15, 0.2) is 36.5 Å². The van der Waals surface area contributed by atoms with Gasteiger partial charge in [-0.3, -0.25) is 15.0 Å². The van der Waals surface area contributed by atoms with Gasteiger partial charge in [-0.25, -0.2) is 14.8 Å². The maximum Gasteiger partial charge on any atom is 0.329 e. The van der Waals surface area contributed by atoms with Crippen molar-refractivity contribution in [3.63, 3.8) is 0 Å². The smallest absolute Gasteiger partial charge is 0.329 e. The fraction of sp³-hybridized carbons (Fsp3) is 0.455. The second-order valence-corrected chi connectivity index (χ2v) is 8.32. The van der Waals surface area contributed by atoms with Crippen molar-refractivity contribution < 1.29 is 14.3 Å². The third kappa shape index (κ3) is 3.93. The number of fused-ring (bicyclic) bond motifs is 4. The zero-order valence-corrected chi connectivity index (χ0v) is 17.5. The van der Waals surface area contributed by atoms with Crippen LogP contribution in [0.5, 0.6) is 0 Å². The molecule has 2 aromatic rings. The monoisotopic (exact) mass is 422 g/mol. The van der Waals surface area contributed by atoms with Gasteiger partial charge in [0.15, 0.2) is 5.82 Å². The quantitative estimate of drug-likeness (QED) is 0.741. The van der Waals surface area contributed by atoms with Gasteiger partial charge in [0, 0.05) is 26.4 Å². The molecule has 0 radical (unpaired) electrons. The summed E-state index contributed by atoms with van der Waals surface area (Å²) in [4.78, 5) is 38.8. The second kappa shape index (κ2) is 8.14. The van der Waals surface area contributed by atoms with E-state index in [1.165, 1.54) is 0 Å². The van der Waals surface area contributed by atoms with Crippen LogP contribution < -0.4 is 20.4 Å². The molecule has 1 unspecified atom stereocenters. The van der Waals surface area contributed by atoms with Crippen molar-refractivity contribution in [3.8, 4) is 0 Å². The third-order valence-electron chi connectivity index (χ3n) is 6.16. The van der Waals surface area contributed by atoms with Crippen LogP contribution in [-0.2, 0) is 4.74 Å². The number of nitrogens with zero attached hydrogens (tertiary/aromatic N) is 4. The average molecular weight is 422 g/mol. The Balaban J connectivity index is 1.41. The summed E-state index contributed by atoms with van der Waals surface area (Å²) in [5.41, 5.74) is 1.18. The lowest BCUT2D eigenvalue weighted by atomic mass is 10.1. The van der Waals surface area contributed by atoms with E-state index in [0.717, 1.165) is 38.0 Å². The Kier molecular flexibility index (Phi) is 5.19. The molecule has 1 aliphatic carbocycles. The number of ether oxygens (including phenoxy) is 1. The largest absolute Gasteiger partial charge is 0.383 e. The van der Waals surface area contributed by atoms with Gasteiger partial charge in [-0.1, -0.05) is 6.07 Å². The van der Waals surface area contributed by atoms with Crippen LogP contribution in [0.3, 0.4) is 0 Å². The van der Waals surface area contributed by atoms with Gasteiger partial charge < -0.3 is 15.0 Å². The number of pyridine rings is 2. The third-order valence-corrected chi connectivity index (χ3v) is 6.16. The molecule has 3 amide bonds. The van der Waals surface area contributed by atoms with Crippen molar-refractivity contribution in [2.24, 2.45) is 5.92 Å². The number of urea groups is 1. The Morgan fingerprint density at radius 3 is 2.84 bits per heavy atom. The molecule has 162 valence electrons. The fourth-order valence-corrected chi connectivity index (χ4v) is 4.42. The molecule has 2 fully saturated rings. The number of amides is 3. The minimum atomic E-state index is -0.285. The Labute approximate surface area is 180 Å². The first-order valence-electron chi connectivity index (χ1n) is 10.7. The van der Waals surface area contributed by atoms with Crippen LogP contribution in [0, 0.1) is 5.92 Å². The lowest BCUT2D eigenvalue weighted by molar-refractivity contribution is 0.0879. The lowest BCUT2D eigenvalue weighted by Gasteiger charge is -2.35. The molecule has 2 aromatic heterocycles. The molecule has 0 aromatic carbocycles. The highest BCUT2D eigenvalue weighted by Gasteiger charge is 2.41. The van der Waals surface area contributed by atoms with Gasteiger partial charge in [-0.2, -0.15) is 0 Å². The first-order valence-corrected chi connectivity index (χ1v) is 10.7. The number of hydrogen-bond donors (Lipinski definition) is 2. The Hall–Kier alpha value is -3.20. The second-order valence-electron chi connectivity index (χ2n) is 8.32. The van der Waals surface area contributed by atoms with Crippen molar-refractivity contribution in [2.45, 2.75) is 31.3 Å². The summed E-state index contributed by atoms with van der Waals surface area (Å²) in [6, 6.07) is 8.70. The zero-order valence-electron chi connectivity index (χ0n) is 17.5. The van der Waals surface area contributed by atoms with Gasteiger partial charge in [-0.05, 0) is 49.4 Å². The van der Waals surface area contributed by atoms with Crippen molar-refractivity contribution in [3.05, 3.63) is 42.2 Å². The van der Waals surface area contributed by atoms with Gasteiger partial charge in [0.25, 0.3) is 5.91 Å². The molecule has 9 heteroatoms. The topological polar surface area (TPSA) is 99.7 Å². The normalized spacial score (nSPS) is 20.2. The van der Waals surface area contributed by atoms with Crippen molar-refractivity contribution in [1.29, 1.82) is 0 Å². The number of carbonyl (C=O) groups excluding carboxylic acids is 2. The standard InChI is InChI=1S/C22H26N6O3/c1-31-13-17(14-5-6-14)25-21(29)16-7-8-18-20(24-16)28(15-9-11-27(18)12-15)22(30)26-19-4-2-3-10-23-19/h2-4,7-8,10,14-15,17H,5-6,9,11-13H2,1H3,(H,25,29)(H,23,26,30)/t15-,17?/m0/s1. The molecule has 2 N–H and O–H groups in total. The Morgan fingerprint density at radius 1 is 1.23 bits per heavy atom. The number of anilines is 3. The first kappa shape index (κ1) is 19.7. The molecule has 2 atom stereocenters. The van der Waals surface area contributed by atoms with Gasteiger partial charge >= 0.3 is 6.03 Å². The lowest BCUT2D eigenvalue weighted by Crippen LogP contribution is -2.48. The molecule has 2 aliphatic heterocycles. The molecule has 4 heterocycles. The van der Waals surface area contributed by atoms with E-state index >= 15 is 0 Å². The maximum absolute atomic E-state index is 13.2. The summed E-state index contributed by atoms with van der Waals surface area (Å²) in [5, 5.41) is 5.91. The van der Waals surface area contributed by atoms with E-state index in [1.54, 1.807) is 36.4 Å². The summed E-state index contributed by atoms with van der Waals surface area (Å²) in [7, 11) is 1.64.